The molecule has 4 aromatic carbocycles. The number of nitrogens with zero attached hydrogens (tertiary/aromatic N) is 3. The largest absolute Gasteiger partial charge is 0.494 e. The number of fused-ring (bicyclic) bond motifs is 1. The van der Waals surface area contributed by atoms with Crippen LogP contribution in [0.1, 0.15) is 48.9 Å². The summed E-state index contributed by atoms with van der Waals surface area (Å²) in [7, 11) is 0. The van der Waals surface area contributed by atoms with Gasteiger partial charge in [-0.3, -0.25) is 4.79 Å². The summed E-state index contributed by atoms with van der Waals surface area (Å²) < 4.78 is 27.7. The molecule has 0 fully saturated rings. The zero-order chi connectivity index (χ0) is 30.7. The van der Waals surface area contributed by atoms with Gasteiger partial charge in [0.25, 0.3) is 5.56 Å². The number of benzene rings is 4. The van der Waals surface area contributed by atoms with Crippen molar-refractivity contribution in [3.63, 3.8) is 0 Å². The second-order valence-electron chi connectivity index (χ2n) is 10.3. The molecule has 220 valence electrons. The highest BCUT2D eigenvalue weighted by molar-refractivity contribution is 9.10. The van der Waals surface area contributed by atoms with Crippen molar-refractivity contribution in [3.8, 4) is 22.9 Å². The Hall–Kier alpha value is -4.01. The number of hydrogen-bond acceptors (Lipinski definition) is 5. The van der Waals surface area contributed by atoms with Gasteiger partial charge in [-0.25, -0.2) is 9.37 Å². The zero-order valence-corrected chi connectivity index (χ0v) is 26.5. The monoisotopic (exact) mass is 661 g/mol. The highest BCUT2D eigenvalue weighted by Crippen LogP contribution is 2.35. The van der Waals surface area contributed by atoms with Gasteiger partial charge in [-0.05, 0) is 101 Å². The molecule has 0 saturated heterocycles. The van der Waals surface area contributed by atoms with Crippen molar-refractivity contribution >= 4 is 44.6 Å². The number of halogens is 3. The van der Waals surface area contributed by atoms with Crippen LogP contribution < -0.4 is 15.0 Å². The van der Waals surface area contributed by atoms with Crippen LogP contribution in [0.3, 0.4) is 0 Å². The average molecular weight is 663 g/mol. The van der Waals surface area contributed by atoms with Crippen LogP contribution >= 0.6 is 27.5 Å². The first-order valence-electron chi connectivity index (χ1n) is 13.9. The number of rotatable bonds is 9. The lowest BCUT2D eigenvalue weighted by atomic mass is 9.96. The molecule has 0 bridgehead atoms. The normalized spacial score (nSPS) is 11.5. The third-order valence-corrected chi connectivity index (χ3v) is 7.70. The third-order valence-electron chi connectivity index (χ3n) is 6.89. The average Bonchev–Trinajstić information content (AvgIpc) is 2.96. The lowest BCUT2D eigenvalue weighted by molar-refractivity contribution is 0.303. The van der Waals surface area contributed by atoms with Gasteiger partial charge < -0.3 is 9.47 Å². The van der Waals surface area contributed by atoms with Crippen LogP contribution in [0.25, 0.3) is 22.3 Å². The fourth-order valence-electron chi connectivity index (χ4n) is 4.81. The first-order valence-corrected chi connectivity index (χ1v) is 15.0. The maximum atomic E-state index is 13.9. The molecule has 5 aromatic rings. The third kappa shape index (κ3) is 6.65. The van der Waals surface area contributed by atoms with Gasteiger partial charge >= 0.3 is 0 Å². The Kier molecular flexibility index (Phi) is 9.28. The topological polar surface area (TPSA) is 65.7 Å². The van der Waals surface area contributed by atoms with Crippen molar-refractivity contribution in [2.75, 3.05) is 6.61 Å². The van der Waals surface area contributed by atoms with E-state index in [0.717, 1.165) is 22.4 Å². The molecule has 0 aliphatic heterocycles. The van der Waals surface area contributed by atoms with Crippen molar-refractivity contribution in [3.05, 3.63) is 121 Å². The maximum absolute atomic E-state index is 13.9. The van der Waals surface area contributed by atoms with E-state index in [1.165, 1.54) is 23.0 Å². The lowest BCUT2D eigenvalue weighted by Gasteiger charge is -2.18. The van der Waals surface area contributed by atoms with Gasteiger partial charge in [-0.15, -0.1) is 0 Å². The van der Waals surface area contributed by atoms with E-state index >= 15 is 0 Å². The smallest absolute Gasteiger partial charge is 0.282 e. The van der Waals surface area contributed by atoms with Crippen molar-refractivity contribution in [1.29, 1.82) is 0 Å². The molecule has 1 aromatic heterocycles. The highest BCUT2D eigenvalue weighted by atomic mass is 79.9. The predicted octanol–water partition coefficient (Wildman–Crippen LogP) is 8.91. The summed E-state index contributed by atoms with van der Waals surface area (Å²) in [5.41, 5.74) is 4.09. The number of ether oxygens (including phenoxy) is 2. The molecule has 1 heterocycles. The molecule has 0 radical (unpaired) electrons. The molecule has 6 nitrogen and oxygen atoms in total. The van der Waals surface area contributed by atoms with Crippen LogP contribution in [0.15, 0.2) is 87.2 Å². The van der Waals surface area contributed by atoms with Gasteiger partial charge in [0.2, 0.25) is 0 Å². The maximum Gasteiger partial charge on any atom is 0.282 e. The predicted molar refractivity (Wildman–Crippen MR) is 174 cm³/mol. The summed E-state index contributed by atoms with van der Waals surface area (Å²) in [6.45, 7) is 8.76. The van der Waals surface area contributed by atoms with E-state index < -0.39 is 0 Å². The van der Waals surface area contributed by atoms with Crippen LogP contribution in [-0.2, 0) is 6.61 Å². The molecule has 0 aliphatic rings. The molecule has 43 heavy (non-hydrogen) atoms. The van der Waals surface area contributed by atoms with Crippen molar-refractivity contribution in [2.24, 2.45) is 5.10 Å². The van der Waals surface area contributed by atoms with Crippen LogP contribution in [0.2, 0.25) is 5.02 Å². The Labute approximate surface area is 262 Å². The summed E-state index contributed by atoms with van der Waals surface area (Å²) >= 11 is 9.92. The van der Waals surface area contributed by atoms with Crippen molar-refractivity contribution in [1.82, 2.24) is 9.66 Å². The fraction of sp³-hybridized carbons (Fsp3) is 0.206. The Morgan fingerprint density at radius 2 is 1.86 bits per heavy atom. The van der Waals surface area contributed by atoms with E-state index in [0.29, 0.717) is 49.7 Å². The Morgan fingerprint density at radius 1 is 1.07 bits per heavy atom. The Balaban J connectivity index is 1.66. The van der Waals surface area contributed by atoms with E-state index in [9.17, 15) is 9.18 Å². The lowest BCUT2D eigenvalue weighted by Crippen LogP contribution is -2.21. The summed E-state index contributed by atoms with van der Waals surface area (Å²) in [6.07, 6.45) is 1.52. The molecule has 0 saturated carbocycles. The van der Waals surface area contributed by atoms with Gasteiger partial charge in [0.1, 0.15) is 23.9 Å². The van der Waals surface area contributed by atoms with Crippen LogP contribution in [0, 0.1) is 12.7 Å². The Morgan fingerprint density at radius 3 is 2.60 bits per heavy atom. The summed E-state index contributed by atoms with van der Waals surface area (Å²) in [4.78, 5) is 18.8. The SMILES string of the molecule is CCOc1cc(C)c(-c2nc3ccccc3c(=O)n2N=Cc2cc(Cl)cc(Br)c2OCc2cccc(F)c2)cc1C(C)C. The standard InChI is InChI=1S/C34H30BrClFN3O3/c1-5-42-31-13-21(4)28(17-27(31)20(2)3)33-39-30-12-7-6-11-26(30)34(41)40(33)38-18-23-15-24(36)16-29(35)32(23)43-19-22-9-8-10-25(37)14-22/h6-18,20H,5,19H2,1-4H3. The number of para-hydroxylation sites is 1. The highest BCUT2D eigenvalue weighted by Gasteiger charge is 2.19. The first-order chi connectivity index (χ1) is 20.7. The van der Waals surface area contributed by atoms with Crippen LogP contribution in [0.5, 0.6) is 11.5 Å². The van der Waals surface area contributed by atoms with Gasteiger partial charge in [0.15, 0.2) is 5.82 Å². The molecule has 0 amide bonds. The fourth-order valence-corrected chi connectivity index (χ4v) is 5.76. The van der Waals surface area contributed by atoms with Gasteiger partial charge in [-0.1, -0.05) is 49.7 Å². The summed E-state index contributed by atoms with van der Waals surface area (Å²) in [6, 6.07) is 20.8. The molecule has 0 spiro atoms. The number of aryl methyl sites for hydroxylation is 1. The second kappa shape index (κ2) is 13.1. The molecular weight excluding hydrogens is 633 g/mol. The molecule has 0 aliphatic carbocycles. The molecule has 0 atom stereocenters. The van der Waals surface area contributed by atoms with E-state index in [1.54, 1.807) is 36.4 Å². The van der Waals surface area contributed by atoms with E-state index in [4.69, 9.17) is 26.1 Å². The first kappa shape index (κ1) is 30.4. The second-order valence-corrected chi connectivity index (χ2v) is 11.6. The minimum atomic E-state index is -0.348. The summed E-state index contributed by atoms with van der Waals surface area (Å²) in [5, 5.41) is 5.53. The van der Waals surface area contributed by atoms with Gasteiger partial charge in [0.05, 0.1) is 28.2 Å². The molecular formula is C34H30BrClFN3O3. The zero-order valence-electron chi connectivity index (χ0n) is 24.2. The molecule has 5 rings (SSSR count). The van der Waals surface area contributed by atoms with Crippen LogP contribution in [0.4, 0.5) is 4.39 Å². The quantitative estimate of drug-likeness (QED) is 0.148. The van der Waals surface area contributed by atoms with E-state index in [-0.39, 0.29) is 23.9 Å². The number of hydrogen-bond donors (Lipinski definition) is 0. The van der Waals surface area contributed by atoms with E-state index in [2.05, 4.69) is 34.9 Å². The number of aromatic nitrogens is 2. The minimum Gasteiger partial charge on any atom is -0.494 e. The van der Waals surface area contributed by atoms with Crippen molar-refractivity contribution < 1.29 is 13.9 Å². The molecule has 9 heteroatoms. The van der Waals surface area contributed by atoms with Crippen LogP contribution in [-0.4, -0.2) is 22.5 Å². The van der Waals surface area contributed by atoms with E-state index in [1.807, 2.05) is 38.1 Å². The molecule has 0 N–H and O–H groups in total. The Bertz CT molecular complexity index is 1910. The van der Waals surface area contributed by atoms with Crippen molar-refractivity contribution in [2.45, 2.75) is 40.2 Å². The molecule has 0 unspecified atom stereocenters. The van der Waals surface area contributed by atoms with Gasteiger partial charge in [0, 0.05) is 16.1 Å². The summed E-state index contributed by atoms with van der Waals surface area (Å²) in [5.74, 6) is 1.47. The van der Waals surface area contributed by atoms with Gasteiger partial charge in [-0.2, -0.15) is 9.78 Å². The minimum absolute atomic E-state index is 0.116.